The van der Waals surface area contributed by atoms with Crippen molar-refractivity contribution in [3.05, 3.63) is 17.5 Å². The van der Waals surface area contributed by atoms with E-state index < -0.39 is 0 Å². The van der Waals surface area contributed by atoms with Gasteiger partial charge in [-0.2, -0.15) is 0 Å². The lowest BCUT2D eigenvalue weighted by molar-refractivity contribution is 0.719. The Kier molecular flexibility index (Phi) is 1.53. The molecule has 56 valence electrons. The number of nitrogens with zero attached hydrogens (tertiary/aromatic N) is 3. The summed E-state index contributed by atoms with van der Waals surface area (Å²) >= 11 is 0. The molecule has 0 fully saturated rings. The molecule has 10 heavy (non-hydrogen) atoms. The Bertz CT molecular complexity index is 291. The fourth-order valence-electron chi connectivity index (χ4n) is 0.997. The second kappa shape index (κ2) is 2.21. The third-order valence-corrected chi connectivity index (χ3v) is 1.64. The Morgan fingerprint density at radius 1 is 1.50 bits per heavy atom. The van der Waals surface area contributed by atoms with Crippen molar-refractivity contribution in [1.82, 2.24) is 9.13 Å². The first kappa shape index (κ1) is 6.92. The van der Waals surface area contributed by atoms with Crippen LogP contribution >= 0.6 is 0 Å². The molecule has 1 aromatic heterocycles. The largest absolute Gasteiger partial charge is 0.320 e. The third-order valence-electron chi connectivity index (χ3n) is 1.64. The van der Waals surface area contributed by atoms with Gasteiger partial charge in [0.15, 0.2) is 0 Å². The van der Waals surface area contributed by atoms with Gasteiger partial charge in [-0.1, -0.05) is 0 Å². The van der Waals surface area contributed by atoms with Crippen molar-refractivity contribution in [1.29, 1.82) is 0 Å². The van der Waals surface area contributed by atoms with Gasteiger partial charge < -0.3 is 15.0 Å². The monoisotopic (exact) mass is 140 g/mol. The molecule has 1 rings (SSSR count). The lowest BCUT2D eigenvalue weighted by Crippen LogP contribution is -2.24. The lowest BCUT2D eigenvalue weighted by atomic mass is 10.5. The highest BCUT2D eigenvalue weighted by Crippen LogP contribution is 1.88. The number of nitrogens with two attached hydrogens (primary N) is 1. The summed E-state index contributed by atoms with van der Waals surface area (Å²) in [6.07, 6.45) is 1.98. The van der Waals surface area contributed by atoms with Crippen LogP contribution < -0.4 is 11.5 Å². The summed E-state index contributed by atoms with van der Waals surface area (Å²) in [4.78, 5) is 0. The number of aromatic nitrogens is 2. The summed E-state index contributed by atoms with van der Waals surface area (Å²) in [6.45, 7) is 2.01. The van der Waals surface area contributed by atoms with Crippen LogP contribution in [0.1, 0.15) is 5.69 Å². The van der Waals surface area contributed by atoms with E-state index in [1.54, 1.807) is 0 Å². The number of hydrogen-bond donors (Lipinski definition) is 1. The predicted molar refractivity (Wildman–Crippen MR) is 38.9 cm³/mol. The topological polar surface area (TPSA) is 48.2 Å². The molecule has 0 atom stereocenters. The Balaban J connectivity index is 3.50. The van der Waals surface area contributed by atoms with Gasteiger partial charge in [0.25, 0.3) is 0 Å². The van der Waals surface area contributed by atoms with Gasteiger partial charge in [-0.15, -0.1) is 5.10 Å². The van der Waals surface area contributed by atoms with E-state index in [0.717, 1.165) is 11.3 Å². The van der Waals surface area contributed by atoms with Crippen molar-refractivity contribution in [2.45, 2.75) is 6.92 Å². The third kappa shape index (κ3) is 0.814. The first-order valence-electron chi connectivity index (χ1n) is 3.09. The number of hydrogen-bond acceptors (Lipinski definition) is 2. The van der Waals surface area contributed by atoms with Crippen molar-refractivity contribution in [2.75, 3.05) is 0 Å². The van der Waals surface area contributed by atoms with Crippen LogP contribution in [0.25, 0.3) is 0 Å². The maximum Gasteiger partial charge on any atom is 0.226 e. The molecule has 0 aliphatic carbocycles. The number of imidazole rings is 1. The van der Waals surface area contributed by atoms with Gasteiger partial charge in [0, 0.05) is 26.0 Å². The van der Waals surface area contributed by atoms with Crippen LogP contribution in [0.3, 0.4) is 0 Å². The fraction of sp³-hybridized carbons (Fsp3) is 0.500. The van der Waals surface area contributed by atoms with E-state index in [4.69, 9.17) is 5.84 Å². The Morgan fingerprint density at radius 2 is 2.10 bits per heavy atom. The minimum atomic E-state index is 0.775. The molecule has 0 aromatic carbocycles. The average Bonchev–Trinajstić information content (AvgIpc) is 2.09. The molecule has 0 amide bonds. The van der Waals surface area contributed by atoms with Crippen molar-refractivity contribution < 1.29 is 0 Å². The van der Waals surface area contributed by atoms with Crippen LogP contribution in [0, 0.1) is 6.92 Å². The summed E-state index contributed by atoms with van der Waals surface area (Å²) in [6, 6.07) is 0. The van der Waals surface area contributed by atoms with Crippen LogP contribution in [0.15, 0.2) is 11.3 Å². The second-order valence-corrected chi connectivity index (χ2v) is 2.37. The lowest BCUT2D eigenvalue weighted by Gasteiger charge is -1.92. The van der Waals surface area contributed by atoms with Crippen molar-refractivity contribution in [2.24, 2.45) is 25.0 Å². The van der Waals surface area contributed by atoms with E-state index in [0.29, 0.717) is 0 Å². The zero-order valence-electron chi connectivity index (χ0n) is 6.50. The molecule has 4 nitrogen and oxygen atoms in total. The maximum atomic E-state index is 5.15. The highest BCUT2D eigenvalue weighted by atomic mass is 15.3. The van der Waals surface area contributed by atoms with Gasteiger partial charge in [-0.05, 0) is 6.92 Å². The average molecular weight is 140 g/mol. The molecule has 0 unspecified atom stereocenters. The summed E-state index contributed by atoms with van der Waals surface area (Å²) in [7, 11) is 3.85. The van der Waals surface area contributed by atoms with Gasteiger partial charge in [-0.25, -0.2) is 0 Å². The van der Waals surface area contributed by atoms with Gasteiger partial charge >= 0.3 is 0 Å². The van der Waals surface area contributed by atoms with Crippen molar-refractivity contribution in [3.63, 3.8) is 0 Å². The van der Waals surface area contributed by atoms with Crippen LogP contribution in [-0.2, 0) is 14.1 Å². The number of aryl methyl sites for hydroxylation is 2. The molecule has 0 aliphatic rings. The Hall–Kier alpha value is -1.19. The fourth-order valence-corrected chi connectivity index (χ4v) is 0.997. The molecule has 0 radical (unpaired) electrons. The molecular formula is C6H12N4. The molecule has 0 aliphatic heterocycles. The van der Waals surface area contributed by atoms with Crippen LogP contribution in [0.5, 0.6) is 0 Å². The normalized spacial score (nSPS) is 12.5. The smallest absolute Gasteiger partial charge is 0.226 e. The molecule has 0 spiro atoms. The van der Waals surface area contributed by atoms with Crippen LogP contribution in [-0.4, -0.2) is 9.13 Å². The van der Waals surface area contributed by atoms with Gasteiger partial charge in [0.2, 0.25) is 5.62 Å². The molecule has 1 aromatic rings. The minimum absolute atomic E-state index is 0.775. The zero-order chi connectivity index (χ0) is 7.72. The molecule has 2 N–H and O–H groups in total. The Labute approximate surface area is 59.6 Å². The quantitative estimate of drug-likeness (QED) is 0.381. The highest BCUT2D eigenvalue weighted by molar-refractivity contribution is 4.94. The van der Waals surface area contributed by atoms with Gasteiger partial charge in [0.1, 0.15) is 0 Å². The summed E-state index contributed by atoms with van der Waals surface area (Å²) in [5.41, 5.74) is 1.92. The van der Waals surface area contributed by atoms with Crippen LogP contribution in [0.2, 0.25) is 0 Å². The van der Waals surface area contributed by atoms with Gasteiger partial charge in [0.05, 0.1) is 0 Å². The van der Waals surface area contributed by atoms with E-state index in [-0.39, 0.29) is 0 Å². The molecule has 4 heteroatoms. The first-order chi connectivity index (χ1) is 4.66. The summed E-state index contributed by atoms with van der Waals surface area (Å²) in [5.74, 6) is 5.15. The molecule has 0 saturated heterocycles. The molecule has 0 saturated carbocycles. The first-order valence-corrected chi connectivity index (χ1v) is 3.09. The minimum Gasteiger partial charge on any atom is -0.320 e. The summed E-state index contributed by atoms with van der Waals surface area (Å²) in [5, 5.41) is 3.62. The van der Waals surface area contributed by atoms with E-state index >= 15 is 0 Å². The molecule has 1 heterocycles. The SMILES string of the molecule is Cc1cn(C)/c(=N\N)n1C. The summed E-state index contributed by atoms with van der Waals surface area (Å²) < 4.78 is 3.81. The maximum absolute atomic E-state index is 5.15. The zero-order valence-corrected chi connectivity index (χ0v) is 6.50. The molecule has 0 bridgehead atoms. The number of rotatable bonds is 0. The van der Waals surface area contributed by atoms with E-state index in [9.17, 15) is 0 Å². The highest BCUT2D eigenvalue weighted by Gasteiger charge is 1.96. The second-order valence-electron chi connectivity index (χ2n) is 2.37. The molecular weight excluding hydrogens is 128 g/mol. The van der Waals surface area contributed by atoms with Crippen LogP contribution in [0.4, 0.5) is 0 Å². The Morgan fingerprint density at radius 3 is 2.30 bits per heavy atom. The van der Waals surface area contributed by atoms with Crippen molar-refractivity contribution >= 4 is 0 Å². The van der Waals surface area contributed by atoms with E-state index in [1.807, 2.05) is 36.4 Å². The van der Waals surface area contributed by atoms with E-state index in [2.05, 4.69) is 5.10 Å². The predicted octanol–water partition coefficient (Wildman–Crippen LogP) is -0.554. The van der Waals surface area contributed by atoms with Crippen molar-refractivity contribution in [3.8, 4) is 0 Å². The van der Waals surface area contributed by atoms with Gasteiger partial charge in [-0.3, -0.25) is 0 Å². The standard InChI is InChI=1S/C6H12N4/c1-5-4-9(2)6(8-7)10(5)3/h4H,7H2,1-3H3/b8-6+. The van der Waals surface area contributed by atoms with E-state index in [1.165, 1.54) is 0 Å².